The zero-order chi connectivity index (χ0) is 50.1. The maximum Gasteiger partial charge on any atom is 0.306 e. The summed E-state index contributed by atoms with van der Waals surface area (Å²) < 4.78 is 46.9. The Bertz CT molecular complexity index is 2200. The maximum atomic E-state index is 13.4. The number of carbonyl (C=O) groups is 1. The standard InChI is InChI=1S/C61H79N3O8/c1-2-3-4-5-6-7-8-9-10-11-12-13-29-40-55(66-43-50-32-21-15-22-33-50)54(63-64-62)47-71-61-60(70-46-53-38-27-18-28-39-53)59(69-45-52-36-25-17-26-37-52)58(68-44-51-34-23-16-24-35-51)56(72-61)48-67-57(65)42-41-49-30-19-14-20-31-49/h14-28,30-39,54-56,58-61H,2-13,29,40-48H2,1H3/t54-,55+,56+,58-,59-,60+,61-/m0/s1. The molecule has 72 heavy (non-hydrogen) atoms. The van der Waals surface area contributed by atoms with E-state index in [0.29, 0.717) is 19.4 Å². The van der Waals surface area contributed by atoms with E-state index in [0.717, 1.165) is 47.1 Å². The van der Waals surface area contributed by atoms with Crippen molar-refractivity contribution in [2.45, 2.75) is 179 Å². The zero-order valence-corrected chi connectivity index (χ0v) is 42.6. The van der Waals surface area contributed by atoms with Crippen molar-refractivity contribution in [1.29, 1.82) is 0 Å². The summed E-state index contributed by atoms with van der Waals surface area (Å²) in [7, 11) is 0. The second-order valence-corrected chi connectivity index (χ2v) is 19.0. The highest BCUT2D eigenvalue weighted by Gasteiger charge is 2.50. The van der Waals surface area contributed by atoms with Gasteiger partial charge in [0.05, 0.1) is 45.2 Å². The first-order chi connectivity index (χ1) is 35.6. The minimum atomic E-state index is -1.05. The molecule has 0 aliphatic carbocycles. The lowest BCUT2D eigenvalue weighted by atomic mass is 9.97. The van der Waals surface area contributed by atoms with Crippen LogP contribution in [0.3, 0.4) is 0 Å². The van der Waals surface area contributed by atoms with Crippen molar-refractivity contribution in [3.05, 3.63) is 190 Å². The molecular weight excluding hydrogens is 903 g/mol. The summed E-state index contributed by atoms with van der Waals surface area (Å²) in [5.74, 6) is -0.360. The lowest BCUT2D eigenvalue weighted by molar-refractivity contribution is -0.328. The minimum Gasteiger partial charge on any atom is -0.463 e. The van der Waals surface area contributed by atoms with Crippen LogP contribution in [0.4, 0.5) is 0 Å². The van der Waals surface area contributed by atoms with Crippen LogP contribution in [-0.4, -0.2) is 62.0 Å². The number of esters is 1. The Hall–Kier alpha value is -5.36. The third-order valence-electron chi connectivity index (χ3n) is 13.3. The normalized spacial score (nSPS) is 18.5. The summed E-state index contributed by atoms with van der Waals surface area (Å²) in [5, 5.41) is 4.33. The number of nitrogens with zero attached hydrogens (tertiary/aromatic N) is 3. The average molecular weight is 982 g/mol. The molecule has 1 aliphatic heterocycles. The summed E-state index contributed by atoms with van der Waals surface area (Å²) in [6.45, 7) is 3.20. The van der Waals surface area contributed by atoms with Gasteiger partial charge in [0.25, 0.3) is 0 Å². The van der Waals surface area contributed by atoms with Crippen LogP contribution in [0, 0.1) is 0 Å². The van der Waals surface area contributed by atoms with Crippen LogP contribution < -0.4 is 0 Å². The number of unbranched alkanes of at least 4 members (excludes halogenated alkanes) is 12. The van der Waals surface area contributed by atoms with Gasteiger partial charge in [-0.1, -0.05) is 247 Å². The van der Waals surface area contributed by atoms with Crippen LogP contribution in [0.5, 0.6) is 0 Å². The van der Waals surface area contributed by atoms with Crippen molar-refractivity contribution in [3.63, 3.8) is 0 Å². The first kappa shape index (κ1) is 55.9. The summed E-state index contributed by atoms with van der Waals surface area (Å²) in [5.41, 5.74) is 15.0. The molecule has 0 N–H and O–H groups in total. The Morgan fingerprint density at radius 2 is 0.972 bits per heavy atom. The van der Waals surface area contributed by atoms with Crippen LogP contribution in [0.2, 0.25) is 0 Å². The van der Waals surface area contributed by atoms with Crippen molar-refractivity contribution in [2.75, 3.05) is 13.2 Å². The van der Waals surface area contributed by atoms with E-state index in [-0.39, 0.29) is 45.4 Å². The Balaban J connectivity index is 1.21. The number of rotatable bonds is 36. The fourth-order valence-electron chi connectivity index (χ4n) is 9.15. The fraction of sp³-hybridized carbons (Fsp3) is 0.492. The second kappa shape index (κ2) is 34.1. The van der Waals surface area contributed by atoms with Crippen LogP contribution in [0.25, 0.3) is 10.4 Å². The molecule has 5 aromatic carbocycles. The Morgan fingerprint density at radius 1 is 0.542 bits per heavy atom. The van der Waals surface area contributed by atoms with Gasteiger partial charge in [-0.25, -0.2) is 0 Å². The van der Waals surface area contributed by atoms with Crippen molar-refractivity contribution in [2.24, 2.45) is 5.11 Å². The number of hydrogen-bond acceptors (Lipinski definition) is 9. The van der Waals surface area contributed by atoms with Crippen molar-refractivity contribution in [1.82, 2.24) is 0 Å². The van der Waals surface area contributed by atoms with Crippen LogP contribution >= 0.6 is 0 Å². The lowest BCUT2D eigenvalue weighted by Gasteiger charge is -2.46. The van der Waals surface area contributed by atoms with Gasteiger partial charge in [-0.05, 0) is 46.2 Å². The highest BCUT2D eigenvalue weighted by atomic mass is 16.7. The topological polar surface area (TPSA) is 130 Å². The van der Waals surface area contributed by atoms with Gasteiger partial charge in [0.15, 0.2) is 6.29 Å². The van der Waals surface area contributed by atoms with E-state index >= 15 is 0 Å². The first-order valence-corrected chi connectivity index (χ1v) is 26.7. The average Bonchev–Trinajstić information content (AvgIpc) is 3.43. The highest BCUT2D eigenvalue weighted by molar-refractivity contribution is 5.69. The molecule has 0 radical (unpaired) electrons. The molecule has 1 saturated heterocycles. The van der Waals surface area contributed by atoms with Crippen molar-refractivity contribution >= 4 is 5.97 Å². The van der Waals surface area contributed by atoms with E-state index in [4.69, 9.17) is 33.2 Å². The van der Waals surface area contributed by atoms with E-state index in [1.54, 1.807) is 0 Å². The summed E-state index contributed by atoms with van der Waals surface area (Å²) in [4.78, 5) is 16.8. The molecule has 1 aliphatic rings. The molecule has 1 fully saturated rings. The summed E-state index contributed by atoms with van der Waals surface area (Å²) in [6.07, 6.45) is 13.0. The van der Waals surface area contributed by atoms with E-state index in [9.17, 15) is 10.3 Å². The summed E-state index contributed by atoms with van der Waals surface area (Å²) >= 11 is 0. The van der Waals surface area contributed by atoms with Crippen LogP contribution in [0.1, 0.15) is 131 Å². The predicted molar refractivity (Wildman–Crippen MR) is 284 cm³/mol. The molecular formula is C61H79N3O8. The molecule has 0 amide bonds. The molecule has 11 heteroatoms. The molecule has 0 unspecified atom stereocenters. The largest absolute Gasteiger partial charge is 0.463 e. The zero-order valence-electron chi connectivity index (χ0n) is 42.6. The monoisotopic (exact) mass is 982 g/mol. The molecule has 7 atom stereocenters. The molecule has 0 bridgehead atoms. The van der Waals surface area contributed by atoms with Gasteiger partial charge in [-0.2, -0.15) is 0 Å². The number of ether oxygens (including phenoxy) is 7. The van der Waals surface area contributed by atoms with Gasteiger partial charge in [-0.3, -0.25) is 4.79 Å². The van der Waals surface area contributed by atoms with Gasteiger partial charge in [0, 0.05) is 11.3 Å². The van der Waals surface area contributed by atoms with Gasteiger partial charge < -0.3 is 33.2 Å². The van der Waals surface area contributed by atoms with E-state index < -0.39 is 42.9 Å². The van der Waals surface area contributed by atoms with Crippen LogP contribution in [0.15, 0.2) is 157 Å². The van der Waals surface area contributed by atoms with Crippen molar-refractivity contribution < 1.29 is 38.0 Å². The number of carbonyl (C=O) groups excluding carboxylic acids is 1. The Labute approximate surface area is 429 Å². The maximum absolute atomic E-state index is 13.4. The Kier molecular flexibility index (Phi) is 26.5. The van der Waals surface area contributed by atoms with E-state index in [1.807, 2.05) is 152 Å². The molecule has 11 nitrogen and oxygen atoms in total. The number of aryl methyl sites for hydroxylation is 1. The van der Waals surface area contributed by atoms with Gasteiger partial charge >= 0.3 is 5.97 Å². The molecule has 386 valence electrons. The van der Waals surface area contributed by atoms with E-state index in [2.05, 4.69) is 16.9 Å². The third kappa shape index (κ3) is 21.0. The molecule has 6 rings (SSSR count). The molecule has 1 heterocycles. The van der Waals surface area contributed by atoms with Gasteiger partial charge in [0.1, 0.15) is 31.0 Å². The minimum absolute atomic E-state index is 0.0254. The summed E-state index contributed by atoms with van der Waals surface area (Å²) in [6, 6.07) is 49.0. The van der Waals surface area contributed by atoms with Crippen LogP contribution in [-0.2, 0) is 70.8 Å². The lowest BCUT2D eigenvalue weighted by Crippen LogP contribution is -2.62. The third-order valence-corrected chi connectivity index (χ3v) is 13.3. The van der Waals surface area contributed by atoms with Gasteiger partial charge in [0.2, 0.25) is 0 Å². The first-order valence-electron chi connectivity index (χ1n) is 26.7. The SMILES string of the molecule is CCCCCCCCCCCCCCC[C@@H](OCc1ccccc1)[C@H](CO[C@H]1O[C@H](COC(=O)CCc2ccccc2)[C@H](OCc2ccccc2)[C@H](OCc2ccccc2)[C@H]1OCc1ccccc1)N=[N+]=[N-]. The fourth-order valence-corrected chi connectivity index (χ4v) is 9.15. The molecule has 5 aromatic rings. The van der Waals surface area contributed by atoms with E-state index in [1.165, 1.54) is 64.2 Å². The second-order valence-electron chi connectivity index (χ2n) is 19.0. The quantitative estimate of drug-likeness (QED) is 0.0127. The molecule has 0 spiro atoms. The number of hydrogen-bond donors (Lipinski definition) is 0. The smallest absolute Gasteiger partial charge is 0.306 e. The number of benzene rings is 5. The molecule has 0 aromatic heterocycles. The highest BCUT2D eigenvalue weighted by Crippen LogP contribution is 2.32. The Morgan fingerprint density at radius 3 is 1.46 bits per heavy atom. The molecule has 0 saturated carbocycles. The predicted octanol–water partition coefficient (Wildman–Crippen LogP) is 14.4. The van der Waals surface area contributed by atoms with Crippen molar-refractivity contribution in [3.8, 4) is 0 Å². The van der Waals surface area contributed by atoms with Gasteiger partial charge in [-0.15, -0.1) is 0 Å². The number of azide groups is 1.